The van der Waals surface area contributed by atoms with Gasteiger partial charge in [0.15, 0.2) is 0 Å². The molecule has 0 amide bonds. The zero-order chi connectivity index (χ0) is 20.9. The van der Waals surface area contributed by atoms with E-state index < -0.39 is 0 Å². The van der Waals surface area contributed by atoms with Crippen molar-refractivity contribution < 1.29 is 9.66 Å². The van der Waals surface area contributed by atoms with E-state index in [-0.39, 0.29) is 10.6 Å². The second-order valence-corrected chi connectivity index (χ2v) is 8.09. The van der Waals surface area contributed by atoms with Crippen LogP contribution in [0.2, 0.25) is 0 Å². The molecule has 0 aromatic heterocycles. The van der Waals surface area contributed by atoms with Gasteiger partial charge in [-0.2, -0.15) is 0 Å². The first-order valence-corrected chi connectivity index (χ1v) is 10.7. The zero-order valence-electron chi connectivity index (χ0n) is 17.6. The summed E-state index contributed by atoms with van der Waals surface area (Å²) in [6.07, 6.45) is 2.24. The lowest BCUT2D eigenvalue weighted by molar-refractivity contribution is -0.385. The SMILES string of the molecule is COc1ccccc1N1CCN(C2CCN(Cc3ccccc3[N+](=O)[O-])CC2)CC1. The van der Waals surface area contributed by atoms with Gasteiger partial charge in [-0.1, -0.05) is 30.3 Å². The molecule has 2 fully saturated rings. The number of nitro benzene ring substituents is 1. The van der Waals surface area contributed by atoms with Crippen molar-refractivity contribution in [2.75, 3.05) is 51.3 Å². The molecular weight excluding hydrogens is 380 g/mol. The van der Waals surface area contributed by atoms with E-state index in [0.29, 0.717) is 12.6 Å². The maximum atomic E-state index is 11.3. The highest BCUT2D eigenvalue weighted by molar-refractivity contribution is 5.58. The summed E-state index contributed by atoms with van der Waals surface area (Å²) in [7, 11) is 1.73. The second kappa shape index (κ2) is 9.45. The van der Waals surface area contributed by atoms with Crippen molar-refractivity contribution in [3.05, 3.63) is 64.2 Å². The van der Waals surface area contributed by atoms with E-state index in [1.54, 1.807) is 19.2 Å². The number of rotatable bonds is 6. The second-order valence-electron chi connectivity index (χ2n) is 8.09. The number of hydrogen-bond donors (Lipinski definition) is 0. The summed E-state index contributed by atoms with van der Waals surface area (Å²) in [5.74, 6) is 0.939. The van der Waals surface area contributed by atoms with Crippen molar-refractivity contribution in [1.29, 1.82) is 0 Å². The topological polar surface area (TPSA) is 62.1 Å². The summed E-state index contributed by atoms with van der Waals surface area (Å²) < 4.78 is 5.52. The highest BCUT2D eigenvalue weighted by atomic mass is 16.6. The third kappa shape index (κ3) is 4.57. The number of benzene rings is 2. The van der Waals surface area contributed by atoms with Gasteiger partial charge >= 0.3 is 0 Å². The van der Waals surface area contributed by atoms with Gasteiger partial charge in [-0.25, -0.2) is 0 Å². The largest absolute Gasteiger partial charge is 0.495 e. The van der Waals surface area contributed by atoms with E-state index in [1.807, 2.05) is 24.3 Å². The van der Waals surface area contributed by atoms with Gasteiger partial charge < -0.3 is 9.64 Å². The molecule has 2 saturated heterocycles. The fourth-order valence-corrected chi connectivity index (χ4v) is 4.73. The molecule has 2 aliphatic heterocycles. The Balaban J connectivity index is 1.28. The monoisotopic (exact) mass is 410 g/mol. The minimum atomic E-state index is -0.275. The molecule has 7 nitrogen and oxygen atoms in total. The predicted octanol–water partition coefficient (Wildman–Crippen LogP) is 3.39. The van der Waals surface area contributed by atoms with E-state index in [2.05, 4.69) is 26.8 Å². The van der Waals surface area contributed by atoms with Crippen LogP contribution >= 0.6 is 0 Å². The summed E-state index contributed by atoms with van der Waals surface area (Å²) in [6.45, 7) is 6.78. The standard InChI is InChI=1S/C23H30N4O3/c1-30-23-9-5-4-8-22(23)26-16-14-25(15-17-26)20-10-12-24(13-11-20)18-19-6-2-3-7-21(19)27(28)29/h2-9,20H,10-18H2,1H3. The number of anilines is 1. The first kappa shape index (κ1) is 20.6. The maximum absolute atomic E-state index is 11.3. The molecule has 160 valence electrons. The lowest BCUT2D eigenvalue weighted by Crippen LogP contribution is -2.53. The summed E-state index contributed by atoms with van der Waals surface area (Å²) in [6, 6.07) is 15.9. The molecule has 0 spiro atoms. The van der Waals surface area contributed by atoms with Crippen LogP contribution in [0.5, 0.6) is 5.75 Å². The van der Waals surface area contributed by atoms with Gasteiger partial charge in [0.1, 0.15) is 5.75 Å². The minimum absolute atomic E-state index is 0.229. The average molecular weight is 411 g/mol. The predicted molar refractivity (Wildman–Crippen MR) is 118 cm³/mol. The average Bonchev–Trinajstić information content (AvgIpc) is 2.80. The first-order valence-electron chi connectivity index (χ1n) is 10.7. The number of nitrogens with zero attached hydrogens (tertiary/aromatic N) is 4. The summed E-state index contributed by atoms with van der Waals surface area (Å²) >= 11 is 0. The van der Waals surface area contributed by atoms with Crippen LogP contribution < -0.4 is 9.64 Å². The van der Waals surface area contributed by atoms with Crippen LogP contribution in [-0.4, -0.2) is 67.1 Å². The highest BCUT2D eigenvalue weighted by Crippen LogP contribution is 2.29. The maximum Gasteiger partial charge on any atom is 0.273 e. The van der Waals surface area contributed by atoms with Gasteiger partial charge in [0.05, 0.1) is 17.7 Å². The molecule has 0 N–H and O–H groups in total. The van der Waals surface area contributed by atoms with E-state index in [0.717, 1.165) is 63.4 Å². The number of piperidine rings is 1. The molecule has 0 aliphatic carbocycles. The molecule has 0 saturated carbocycles. The Hall–Kier alpha value is -2.64. The number of nitro groups is 1. The molecule has 2 aromatic rings. The Labute approximate surface area is 178 Å². The molecule has 7 heteroatoms. The summed E-state index contributed by atoms with van der Waals surface area (Å²) in [4.78, 5) is 18.4. The Morgan fingerprint density at radius 1 is 0.967 bits per heavy atom. The summed E-state index contributed by atoms with van der Waals surface area (Å²) in [5, 5.41) is 11.3. The normalized spacial score (nSPS) is 19.0. The number of piperazine rings is 1. The van der Waals surface area contributed by atoms with Gasteiger partial charge in [-0.05, 0) is 38.1 Å². The molecule has 0 radical (unpaired) electrons. The van der Waals surface area contributed by atoms with E-state index in [4.69, 9.17) is 4.74 Å². The summed E-state index contributed by atoms with van der Waals surface area (Å²) in [5.41, 5.74) is 2.22. The molecule has 30 heavy (non-hydrogen) atoms. The Kier molecular flexibility index (Phi) is 6.50. The van der Waals surface area contributed by atoms with Crippen LogP contribution in [0.25, 0.3) is 0 Å². The zero-order valence-corrected chi connectivity index (χ0v) is 17.6. The van der Waals surface area contributed by atoms with Crippen molar-refractivity contribution in [2.24, 2.45) is 0 Å². The molecule has 0 bridgehead atoms. The Bertz CT molecular complexity index is 859. The van der Waals surface area contributed by atoms with Crippen molar-refractivity contribution in [3.8, 4) is 5.75 Å². The van der Waals surface area contributed by atoms with E-state index in [1.165, 1.54) is 5.69 Å². The van der Waals surface area contributed by atoms with Crippen LogP contribution in [0.4, 0.5) is 11.4 Å². The lowest BCUT2D eigenvalue weighted by atomic mass is 10.0. The number of ether oxygens (including phenoxy) is 1. The molecule has 2 heterocycles. The van der Waals surface area contributed by atoms with Gasteiger partial charge in [0.2, 0.25) is 0 Å². The van der Waals surface area contributed by atoms with Gasteiger partial charge in [-0.15, -0.1) is 0 Å². The van der Waals surface area contributed by atoms with Crippen LogP contribution in [0.3, 0.4) is 0 Å². The third-order valence-electron chi connectivity index (χ3n) is 6.40. The van der Waals surface area contributed by atoms with Crippen molar-refractivity contribution in [2.45, 2.75) is 25.4 Å². The Morgan fingerprint density at radius 3 is 2.33 bits per heavy atom. The fourth-order valence-electron chi connectivity index (χ4n) is 4.73. The molecule has 4 rings (SSSR count). The third-order valence-corrected chi connectivity index (χ3v) is 6.40. The van der Waals surface area contributed by atoms with Crippen LogP contribution in [0.15, 0.2) is 48.5 Å². The van der Waals surface area contributed by atoms with Crippen molar-refractivity contribution in [3.63, 3.8) is 0 Å². The Morgan fingerprint density at radius 2 is 1.63 bits per heavy atom. The number of para-hydroxylation sites is 3. The highest BCUT2D eigenvalue weighted by Gasteiger charge is 2.28. The molecule has 0 atom stereocenters. The van der Waals surface area contributed by atoms with Crippen LogP contribution in [-0.2, 0) is 6.54 Å². The van der Waals surface area contributed by atoms with Gasteiger partial charge in [0.25, 0.3) is 5.69 Å². The van der Waals surface area contributed by atoms with Crippen LogP contribution in [0, 0.1) is 10.1 Å². The smallest absolute Gasteiger partial charge is 0.273 e. The van der Waals surface area contributed by atoms with E-state index in [9.17, 15) is 10.1 Å². The number of hydrogen-bond acceptors (Lipinski definition) is 6. The number of likely N-dealkylation sites (tertiary alicyclic amines) is 1. The van der Waals surface area contributed by atoms with Crippen molar-refractivity contribution in [1.82, 2.24) is 9.80 Å². The molecule has 0 unspecified atom stereocenters. The molecule has 2 aliphatic rings. The lowest BCUT2D eigenvalue weighted by Gasteiger charge is -2.43. The molecule has 2 aromatic carbocycles. The van der Waals surface area contributed by atoms with Gasteiger partial charge in [-0.3, -0.25) is 19.9 Å². The van der Waals surface area contributed by atoms with Crippen LogP contribution in [0.1, 0.15) is 18.4 Å². The van der Waals surface area contributed by atoms with Crippen molar-refractivity contribution >= 4 is 11.4 Å². The first-order chi connectivity index (χ1) is 14.7. The molecular formula is C23H30N4O3. The van der Waals surface area contributed by atoms with E-state index >= 15 is 0 Å². The van der Waals surface area contributed by atoms with Gasteiger partial charge in [0, 0.05) is 50.4 Å². The fraction of sp³-hybridized carbons (Fsp3) is 0.478. The minimum Gasteiger partial charge on any atom is -0.495 e. The quantitative estimate of drug-likeness (QED) is 0.537. The number of methoxy groups -OCH3 is 1.